The van der Waals surface area contributed by atoms with Crippen LogP contribution < -0.4 is 0 Å². The molecule has 0 aliphatic heterocycles. The van der Waals surface area contributed by atoms with Gasteiger partial charge in [-0.3, -0.25) is 0 Å². The SMILES string of the molecule is CC.CC1=CC2C=CCCC2C(C)=C1O. The molecule has 0 saturated heterocycles. The molecule has 0 saturated carbocycles. The van der Waals surface area contributed by atoms with Gasteiger partial charge < -0.3 is 5.11 Å². The number of aliphatic hydroxyl groups excluding tert-OH is 1. The Balaban J connectivity index is 0.000000531. The lowest BCUT2D eigenvalue weighted by Crippen LogP contribution is -2.20. The predicted molar refractivity (Wildman–Crippen MR) is 65.8 cm³/mol. The molecule has 2 rings (SSSR count). The first-order valence-electron chi connectivity index (χ1n) is 5.95. The number of fused-ring (bicyclic) bond motifs is 1. The third-order valence-corrected chi connectivity index (χ3v) is 3.21. The monoisotopic (exact) mass is 206 g/mol. The van der Waals surface area contributed by atoms with Crippen LogP contribution in [0.15, 0.2) is 35.1 Å². The van der Waals surface area contributed by atoms with E-state index in [-0.39, 0.29) is 0 Å². The number of hydrogen-bond acceptors (Lipinski definition) is 1. The molecule has 0 spiro atoms. The molecule has 0 amide bonds. The molecule has 2 unspecified atom stereocenters. The molecule has 84 valence electrons. The maximum atomic E-state index is 9.77. The summed E-state index contributed by atoms with van der Waals surface area (Å²) in [5, 5.41) is 9.77. The first-order valence-corrected chi connectivity index (χ1v) is 5.95. The average molecular weight is 206 g/mol. The number of hydrogen-bond donors (Lipinski definition) is 1. The van der Waals surface area contributed by atoms with Crippen LogP contribution in [0.3, 0.4) is 0 Å². The minimum Gasteiger partial charge on any atom is -0.508 e. The van der Waals surface area contributed by atoms with Gasteiger partial charge in [0, 0.05) is 5.92 Å². The van der Waals surface area contributed by atoms with Gasteiger partial charge in [-0.05, 0) is 43.8 Å². The number of rotatable bonds is 0. The van der Waals surface area contributed by atoms with Crippen LogP contribution in [0.25, 0.3) is 0 Å². The summed E-state index contributed by atoms with van der Waals surface area (Å²) in [6.07, 6.45) is 9.04. The minimum atomic E-state index is 0.525. The summed E-state index contributed by atoms with van der Waals surface area (Å²) < 4.78 is 0. The molecule has 0 fully saturated rings. The molecule has 15 heavy (non-hydrogen) atoms. The maximum Gasteiger partial charge on any atom is 0.117 e. The summed E-state index contributed by atoms with van der Waals surface area (Å²) in [5.41, 5.74) is 2.21. The second-order valence-electron chi connectivity index (χ2n) is 4.07. The average Bonchev–Trinajstić information content (AvgIpc) is 2.29. The van der Waals surface area contributed by atoms with E-state index in [1.807, 2.05) is 20.8 Å². The van der Waals surface area contributed by atoms with E-state index in [2.05, 4.69) is 25.2 Å². The third-order valence-electron chi connectivity index (χ3n) is 3.21. The van der Waals surface area contributed by atoms with Gasteiger partial charge in [-0.25, -0.2) is 0 Å². The molecule has 0 aromatic heterocycles. The predicted octanol–water partition coefficient (Wildman–Crippen LogP) is 4.39. The zero-order valence-corrected chi connectivity index (χ0v) is 10.2. The van der Waals surface area contributed by atoms with Crippen molar-refractivity contribution in [3.8, 4) is 0 Å². The summed E-state index contributed by atoms with van der Waals surface area (Å²) >= 11 is 0. The second kappa shape index (κ2) is 5.20. The molecule has 2 aliphatic rings. The van der Waals surface area contributed by atoms with Gasteiger partial charge in [-0.1, -0.05) is 32.1 Å². The fourth-order valence-corrected chi connectivity index (χ4v) is 2.39. The Morgan fingerprint density at radius 1 is 1.27 bits per heavy atom. The number of allylic oxidation sites excluding steroid dienone is 5. The summed E-state index contributed by atoms with van der Waals surface area (Å²) in [4.78, 5) is 0. The standard InChI is InChI=1S/C12H16O.C2H6/c1-8-7-10-5-3-4-6-11(10)9(2)12(8)13;1-2/h3,5,7,10-11,13H,4,6H2,1-2H3;1-2H3. The summed E-state index contributed by atoms with van der Waals surface area (Å²) in [5.74, 6) is 1.61. The van der Waals surface area contributed by atoms with Gasteiger partial charge in [0.1, 0.15) is 5.76 Å². The van der Waals surface area contributed by atoms with Crippen molar-refractivity contribution in [2.45, 2.75) is 40.5 Å². The van der Waals surface area contributed by atoms with E-state index >= 15 is 0 Å². The van der Waals surface area contributed by atoms with Crippen molar-refractivity contribution in [2.24, 2.45) is 11.8 Å². The highest BCUT2D eigenvalue weighted by molar-refractivity contribution is 5.36. The van der Waals surface area contributed by atoms with E-state index in [9.17, 15) is 5.11 Å². The van der Waals surface area contributed by atoms with Crippen LogP contribution in [0.1, 0.15) is 40.5 Å². The second-order valence-corrected chi connectivity index (χ2v) is 4.07. The first-order chi connectivity index (χ1) is 7.20. The Bertz CT molecular complexity index is 307. The zero-order chi connectivity index (χ0) is 11.4. The first kappa shape index (κ1) is 12.1. The van der Waals surface area contributed by atoms with E-state index in [4.69, 9.17) is 0 Å². The molecule has 1 N–H and O–H groups in total. The smallest absolute Gasteiger partial charge is 0.117 e. The van der Waals surface area contributed by atoms with Crippen LogP contribution in [0, 0.1) is 11.8 Å². The largest absolute Gasteiger partial charge is 0.508 e. The molecule has 0 radical (unpaired) electrons. The van der Waals surface area contributed by atoms with Crippen LogP contribution in [0.4, 0.5) is 0 Å². The van der Waals surface area contributed by atoms with Crippen LogP contribution >= 0.6 is 0 Å². The van der Waals surface area contributed by atoms with Crippen molar-refractivity contribution in [2.75, 3.05) is 0 Å². The molecule has 1 nitrogen and oxygen atoms in total. The van der Waals surface area contributed by atoms with Gasteiger partial charge >= 0.3 is 0 Å². The lowest BCUT2D eigenvalue weighted by atomic mass is 9.75. The zero-order valence-electron chi connectivity index (χ0n) is 10.2. The molecular weight excluding hydrogens is 184 g/mol. The van der Waals surface area contributed by atoms with E-state index in [0.717, 1.165) is 12.0 Å². The minimum absolute atomic E-state index is 0.525. The third kappa shape index (κ3) is 2.34. The molecule has 2 aliphatic carbocycles. The van der Waals surface area contributed by atoms with E-state index in [1.54, 1.807) is 0 Å². The topological polar surface area (TPSA) is 20.2 Å². The highest BCUT2D eigenvalue weighted by atomic mass is 16.3. The molecule has 0 aromatic carbocycles. The Kier molecular flexibility index (Phi) is 4.19. The fourth-order valence-electron chi connectivity index (χ4n) is 2.39. The van der Waals surface area contributed by atoms with Crippen LogP contribution in [0.5, 0.6) is 0 Å². The molecule has 0 bridgehead atoms. The van der Waals surface area contributed by atoms with Crippen LogP contribution in [-0.4, -0.2) is 5.11 Å². The fraction of sp³-hybridized carbons (Fsp3) is 0.571. The lowest BCUT2D eigenvalue weighted by molar-refractivity contribution is 0.368. The van der Waals surface area contributed by atoms with Crippen LogP contribution in [-0.2, 0) is 0 Å². The maximum absolute atomic E-state index is 9.77. The van der Waals surface area contributed by atoms with Crippen molar-refractivity contribution >= 4 is 0 Å². The van der Waals surface area contributed by atoms with Crippen molar-refractivity contribution in [3.05, 3.63) is 35.1 Å². The van der Waals surface area contributed by atoms with Crippen molar-refractivity contribution in [1.82, 2.24) is 0 Å². The quantitative estimate of drug-likeness (QED) is 0.583. The van der Waals surface area contributed by atoms with Gasteiger partial charge in [-0.15, -0.1) is 0 Å². The van der Waals surface area contributed by atoms with E-state index in [1.165, 1.54) is 12.0 Å². The Labute approximate surface area is 93.2 Å². The lowest BCUT2D eigenvalue weighted by Gasteiger charge is -2.31. The Hall–Kier alpha value is -0.980. The molecular formula is C14H22O. The highest BCUT2D eigenvalue weighted by Gasteiger charge is 2.27. The molecule has 2 atom stereocenters. The van der Waals surface area contributed by atoms with Crippen molar-refractivity contribution in [3.63, 3.8) is 0 Å². The highest BCUT2D eigenvalue weighted by Crippen LogP contribution is 2.38. The van der Waals surface area contributed by atoms with Crippen LogP contribution in [0.2, 0.25) is 0 Å². The van der Waals surface area contributed by atoms with E-state index in [0.29, 0.717) is 17.6 Å². The number of aliphatic hydroxyl groups is 1. The molecule has 0 heterocycles. The van der Waals surface area contributed by atoms with Gasteiger partial charge in [0.25, 0.3) is 0 Å². The summed E-state index contributed by atoms with van der Waals surface area (Å²) in [6.45, 7) is 8.04. The Morgan fingerprint density at radius 3 is 2.60 bits per heavy atom. The van der Waals surface area contributed by atoms with E-state index < -0.39 is 0 Å². The van der Waals surface area contributed by atoms with Crippen molar-refractivity contribution < 1.29 is 5.11 Å². The van der Waals surface area contributed by atoms with Gasteiger partial charge in [0.05, 0.1) is 0 Å². The summed E-state index contributed by atoms with van der Waals surface area (Å²) in [6, 6.07) is 0. The van der Waals surface area contributed by atoms with Gasteiger partial charge in [0.2, 0.25) is 0 Å². The molecule has 1 heteroatoms. The molecule has 0 aromatic rings. The van der Waals surface area contributed by atoms with Gasteiger partial charge in [0.15, 0.2) is 0 Å². The Morgan fingerprint density at radius 2 is 1.93 bits per heavy atom. The summed E-state index contributed by atoms with van der Waals surface area (Å²) in [7, 11) is 0. The van der Waals surface area contributed by atoms with Gasteiger partial charge in [-0.2, -0.15) is 0 Å². The normalized spacial score (nSPS) is 28.9. The van der Waals surface area contributed by atoms with Crippen molar-refractivity contribution in [1.29, 1.82) is 0 Å².